The van der Waals surface area contributed by atoms with E-state index in [4.69, 9.17) is 16.3 Å². The number of hydrogen-bond donors (Lipinski definition) is 0. The molecule has 0 amide bonds. The number of rotatable bonds is 3. The van der Waals surface area contributed by atoms with E-state index in [0.29, 0.717) is 17.4 Å². The van der Waals surface area contributed by atoms with Crippen LogP contribution >= 0.6 is 27.5 Å². The number of nitrogens with zero attached hydrogens (tertiary/aromatic N) is 3. The van der Waals surface area contributed by atoms with Crippen molar-refractivity contribution in [1.82, 2.24) is 4.98 Å². The van der Waals surface area contributed by atoms with Gasteiger partial charge in [0.15, 0.2) is 5.82 Å². The largest absolute Gasteiger partial charge is 0.382 e. The maximum absolute atomic E-state index is 6.09. The molecule has 0 N–H and O–H groups in total. The normalized spacial score (nSPS) is 20.1. The summed E-state index contributed by atoms with van der Waals surface area (Å²) in [4.78, 5) is 4.24. The third kappa shape index (κ3) is 2.36. The minimum atomic E-state index is 0.145. The van der Waals surface area contributed by atoms with Crippen LogP contribution in [0.1, 0.15) is 6.42 Å². The quantitative estimate of drug-likeness (QED) is 0.861. The van der Waals surface area contributed by atoms with Gasteiger partial charge in [-0.3, -0.25) is 0 Å². The fraction of sp³-hybridized carbons (Fsp3) is 0.400. The van der Waals surface area contributed by atoms with Gasteiger partial charge in [-0.15, -0.1) is 0 Å². The zero-order valence-corrected chi connectivity index (χ0v) is 11.1. The summed E-state index contributed by atoms with van der Waals surface area (Å²) < 4.78 is 6.04. The minimum absolute atomic E-state index is 0.145. The van der Waals surface area contributed by atoms with Gasteiger partial charge in [-0.05, 0) is 28.1 Å². The van der Waals surface area contributed by atoms with E-state index < -0.39 is 0 Å². The predicted molar refractivity (Wildman–Crippen MR) is 68.4 cm³/mol. The van der Waals surface area contributed by atoms with Crippen molar-refractivity contribution in [2.45, 2.75) is 12.5 Å². The first kappa shape index (κ1) is 11.8. The van der Waals surface area contributed by atoms with E-state index in [9.17, 15) is 0 Å². The number of hydrogen-bond acceptors (Lipinski definition) is 4. The molecule has 2 rings (SSSR count). The number of aromatic nitrogens is 1. The Bertz CT molecular complexity index is 413. The zero-order chi connectivity index (χ0) is 11.5. The van der Waals surface area contributed by atoms with Gasteiger partial charge in [0.25, 0.3) is 0 Å². The van der Waals surface area contributed by atoms with Crippen molar-refractivity contribution in [2.24, 2.45) is 5.10 Å². The second kappa shape index (κ2) is 5.12. The minimum Gasteiger partial charge on any atom is -0.382 e. The number of anilines is 1. The highest BCUT2D eigenvalue weighted by Crippen LogP contribution is 2.29. The van der Waals surface area contributed by atoms with Crippen molar-refractivity contribution < 1.29 is 4.74 Å². The Morgan fingerprint density at radius 1 is 1.69 bits per heavy atom. The van der Waals surface area contributed by atoms with Gasteiger partial charge in [0.1, 0.15) is 4.62 Å². The molecule has 0 saturated carbocycles. The van der Waals surface area contributed by atoms with Gasteiger partial charge in [-0.1, -0.05) is 11.6 Å². The van der Waals surface area contributed by atoms with Gasteiger partial charge >= 0.3 is 0 Å². The Morgan fingerprint density at radius 2 is 2.50 bits per heavy atom. The van der Waals surface area contributed by atoms with E-state index >= 15 is 0 Å². The summed E-state index contributed by atoms with van der Waals surface area (Å²) >= 11 is 9.48. The van der Waals surface area contributed by atoms with Gasteiger partial charge in [-0.2, -0.15) is 5.10 Å². The summed E-state index contributed by atoms with van der Waals surface area (Å²) in [5.74, 6) is 0.667. The van der Waals surface area contributed by atoms with Crippen LogP contribution in [0.25, 0.3) is 0 Å². The van der Waals surface area contributed by atoms with E-state index in [1.807, 2.05) is 0 Å². The smallest absolute Gasteiger partial charge is 0.168 e. The first-order chi connectivity index (χ1) is 7.72. The van der Waals surface area contributed by atoms with E-state index in [1.54, 1.807) is 30.4 Å². The van der Waals surface area contributed by atoms with Gasteiger partial charge < -0.3 is 4.74 Å². The molecular weight excluding hydrogens is 293 g/mol. The molecule has 1 aliphatic rings. The molecule has 1 atom stereocenters. The lowest BCUT2D eigenvalue weighted by Crippen LogP contribution is -2.31. The van der Waals surface area contributed by atoms with Crippen LogP contribution in [0.4, 0.5) is 5.82 Å². The van der Waals surface area contributed by atoms with E-state index in [-0.39, 0.29) is 6.04 Å². The number of halogens is 2. The summed E-state index contributed by atoms with van der Waals surface area (Å²) in [6.07, 6.45) is 2.51. The van der Waals surface area contributed by atoms with E-state index in [1.165, 1.54) is 0 Å². The van der Waals surface area contributed by atoms with Crippen LogP contribution in [0, 0.1) is 0 Å². The summed E-state index contributed by atoms with van der Waals surface area (Å²) in [5.41, 5.74) is 0. The predicted octanol–water partition coefficient (Wildman–Crippen LogP) is 2.67. The average Bonchev–Trinajstić information content (AvgIpc) is 2.61. The fourth-order valence-electron chi connectivity index (χ4n) is 1.61. The molecule has 0 spiro atoms. The maximum Gasteiger partial charge on any atom is 0.168 e. The molecule has 0 aliphatic carbocycles. The molecule has 2 heterocycles. The Morgan fingerprint density at radius 3 is 3.19 bits per heavy atom. The molecule has 1 aliphatic heterocycles. The van der Waals surface area contributed by atoms with Crippen molar-refractivity contribution in [3.05, 3.63) is 23.4 Å². The van der Waals surface area contributed by atoms with Crippen LogP contribution < -0.4 is 5.01 Å². The maximum atomic E-state index is 6.09. The fourth-order valence-corrected chi connectivity index (χ4v) is 2.36. The molecule has 0 radical (unpaired) electrons. The van der Waals surface area contributed by atoms with Crippen molar-refractivity contribution in [3.63, 3.8) is 0 Å². The molecule has 0 aromatic carbocycles. The van der Waals surface area contributed by atoms with E-state index in [0.717, 1.165) is 11.0 Å². The summed E-state index contributed by atoms with van der Waals surface area (Å²) in [7, 11) is 1.67. The highest BCUT2D eigenvalue weighted by molar-refractivity contribution is 9.18. The van der Waals surface area contributed by atoms with E-state index in [2.05, 4.69) is 26.0 Å². The molecular formula is C10H11BrClN3O. The topological polar surface area (TPSA) is 37.7 Å². The molecule has 1 unspecified atom stereocenters. The standard InChI is InChI=1S/C10H11BrClN3O/c1-16-6-7-5-9(11)14-15(7)10-8(12)3-2-4-13-10/h2-4,7H,5-6H2,1H3. The Hall–Kier alpha value is -0.650. The molecule has 0 fully saturated rings. The summed E-state index contributed by atoms with van der Waals surface area (Å²) in [6.45, 7) is 0.589. The summed E-state index contributed by atoms with van der Waals surface area (Å²) in [5, 5.41) is 6.75. The molecule has 1 aromatic heterocycles. The summed E-state index contributed by atoms with van der Waals surface area (Å²) in [6, 6.07) is 3.74. The lowest BCUT2D eigenvalue weighted by atomic mass is 10.2. The first-order valence-corrected chi connectivity index (χ1v) is 6.01. The van der Waals surface area contributed by atoms with Crippen LogP contribution in [0.5, 0.6) is 0 Å². The SMILES string of the molecule is COCC1CC(Br)=NN1c1ncccc1Cl. The molecule has 16 heavy (non-hydrogen) atoms. The molecule has 4 nitrogen and oxygen atoms in total. The highest BCUT2D eigenvalue weighted by Gasteiger charge is 2.28. The van der Waals surface area contributed by atoms with Crippen molar-refractivity contribution in [3.8, 4) is 0 Å². The van der Waals surface area contributed by atoms with Crippen molar-refractivity contribution in [1.29, 1.82) is 0 Å². The van der Waals surface area contributed by atoms with Gasteiger partial charge in [0.05, 0.1) is 17.7 Å². The van der Waals surface area contributed by atoms with Gasteiger partial charge in [0.2, 0.25) is 0 Å². The van der Waals surface area contributed by atoms with Crippen LogP contribution in [-0.4, -0.2) is 29.4 Å². The van der Waals surface area contributed by atoms with Gasteiger partial charge in [0, 0.05) is 19.7 Å². The van der Waals surface area contributed by atoms with Crippen molar-refractivity contribution in [2.75, 3.05) is 18.7 Å². The van der Waals surface area contributed by atoms with Gasteiger partial charge in [-0.25, -0.2) is 9.99 Å². The highest BCUT2D eigenvalue weighted by atomic mass is 79.9. The monoisotopic (exact) mass is 303 g/mol. The first-order valence-electron chi connectivity index (χ1n) is 4.84. The third-order valence-electron chi connectivity index (χ3n) is 2.28. The van der Waals surface area contributed by atoms with Crippen molar-refractivity contribution >= 4 is 38.0 Å². The average molecular weight is 305 g/mol. The molecule has 86 valence electrons. The van der Waals surface area contributed by atoms with Crippen LogP contribution in [0.15, 0.2) is 23.4 Å². The zero-order valence-electron chi connectivity index (χ0n) is 8.73. The number of methoxy groups -OCH3 is 1. The Labute approximate surface area is 107 Å². The lowest BCUT2D eigenvalue weighted by Gasteiger charge is -2.22. The molecule has 1 aromatic rings. The van der Waals surface area contributed by atoms with Crippen LogP contribution in [0.2, 0.25) is 5.02 Å². The second-order valence-electron chi connectivity index (χ2n) is 3.44. The third-order valence-corrected chi connectivity index (χ3v) is 3.06. The molecule has 0 bridgehead atoms. The number of ether oxygens (including phenoxy) is 1. The lowest BCUT2D eigenvalue weighted by molar-refractivity contribution is 0.181. The van der Waals surface area contributed by atoms with Crippen LogP contribution in [-0.2, 0) is 4.74 Å². The molecule has 6 heteroatoms. The molecule has 0 saturated heterocycles. The number of hydrazone groups is 1. The Kier molecular flexibility index (Phi) is 3.78. The Balaban J connectivity index is 2.28. The van der Waals surface area contributed by atoms with Crippen LogP contribution in [0.3, 0.4) is 0 Å². The second-order valence-corrected chi connectivity index (χ2v) is 4.77. The number of pyridine rings is 1.